The molecule has 114 valence electrons. The Morgan fingerprint density at radius 2 is 2.00 bits per heavy atom. The fourth-order valence-electron chi connectivity index (χ4n) is 2.74. The minimum absolute atomic E-state index is 0.267. The summed E-state index contributed by atoms with van der Waals surface area (Å²) in [7, 11) is 0. The molecule has 1 saturated heterocycles. The maximum absolute atomic E-state index is 5.77. The molecular weight excluding hydrogens is 236 g/mol. The highest BCUT2D eigenvalue weighted by Gasteiger charge is 2.35. The first-order valence-electron chi connectivity index (χ1n) is 7.95. The van der Waals surface area contributed by atoms with Crippen LogP contribution < -0.4 is 5.32 Å². The summed E-state index contributed by atoms with van der Waals surface area (Å²) in [6, 6.07) is 0.641. The first-order chi connectivity index (χ1) is 8.88. The number of hydrogen-bond acceptors (Lipinski definition) is 3. The van der Waals surface area contributed by atoms with Gasteiger partial charge < -0.3 is 10.1 Å². The third kappa shape index (κ3) is 5.41. The Morgan fingerprint density at radius 1 is 1.32 bits per heavy atom. The minimum atomic E-state index is 0.267. The molecule has 1 aliphatic heterocycles. The molecule has 1 rings (SSSR count). The van der Waals surface area contributed by atoms with Crippen molar-refractivity contribution >= 4 is 0 Å². The van der Waals surface area contributed by atoms with Gasteiger partial charge in [-0.15, -0.1) is 0 Å². The minimum Gasteiger partial charge on any atom is -0.380 e. The van der Waals surface area contributed by atoms with E-state index in [-0.39, 0.29) is 5.54 Å². The van der Waals surface area contributed by atoms with Crippen molar-refractivity contribution in [3.05, 3.63) is 0 Å². The normalized spacial score (nSPS) is 29.4. The highest BCUT2D eigenvalue weighted by molar-refractivity contribution is 4.95. The zero-order valence-electron chi connectivity index (χ0n) is 13.8. The van der Waals surface area contributed by atoms with Crippen molar-refractivity contribution in [3.63, 3.8) is 0 Å². The van der Waals surface area contributed by atoms with Gasteiger partial charge in [0.2, 0.25) is 0 Å². The molecule has 0 bridgehead atoms. The van der Waals surface area contributed by atoms with Crippen LogP contribution in [-0.4, -0.2) is 49.3 Å². The van der Waals surface area contributed by atoms with Crippen molar-refractivity contribution in [3.8, 4) is 0 Å². The summed E-state index contributed by atoms with van der Waals surface area (Å²) in [6.07, 6.45) is 1.18. The fraction of sp³-hybridized carbons (Fsp3) is 1.00. The number of piperazine rings is 1. The van der Waals surface area contributed by atoms with Crippen LogP contribution in [0.5, 0.6) is 0 Å². The molecule has 0 aromatic carbocycles. The van der Waals surface area contributed by atoms with Crippen molar-refractivity contribution in [2.24, 2.45) is 11.8 Å². The topological polar surface area (TPSA) is 24.5 Å². The summed E-state index contributed by atoms with van der Waals surface area (Å²) >= 11 is 0. The maximum atomic E-state index is 5.77. The molecule has 1 N–H and O–H groups in total. The van der Waals surface area contributed by atoms with Crippen LogP contribution >= 0.6 is 0 Å². The Bertz CT molecular complexity index is 255. The first kappa shape index (κ1) is 16.9. The summed E-state index contributed by atoms with van der Waals surface area (Å²) in [5, 5.41) is 3.73. The van der Waals surface area contributed by atoms with Crippen molar-refractivity contribution in [1.82, 2.24) is 10.2 Å². The molecule has 2 unspecified atom stereocenters. The quantitative estimate of drug-likeness (QED) is 0.720. The molecule has 1 heterocycles. The van der Waals surface area contributed by atoms with Crippen LogP contribution in [0.4, 0.5) is 0 Å². The van der Waals surface area contributed by atoms with Gasteiger partial charge in [0.05, 0.1) is 6.61 Å². The van der Waals surface area contributed by atoms with Gasteiger partial charge in [0.25, 0.3) is 0 Å². The SMILES string of the molecule is CCC1(C)CN(CCOCC(C)C)C(C(C)C)CN1. The summed E-state index contributed by atoms with van der Waals surface area (Å²) in [6.45, 7) is 18.7. The summed E-state index contributed by atoms with van der Waals surface area (Å²) in [5.74, 6) is 1.32. The van der Waals surface area contributed by atoms with E-state index in [0.29, 0.717) is 17.9 Å². The Balaban J connectivity index is 2.47. The van der Waals surface area contributed by atoms with Gasteiger partial charge in [-0.3, -0.25) is 4.90 Å². The Morgan fingerprint density at radius 3 is 2.53 bits per heavy atom. The molecule has 0 radical (unpaired) electrons. The predicted molar refractivity (Wildman–Crippen MR) is 82.6 cm³/mol. The lowest BCUT2D eigenvalue weighted by molar-refractivity contribution is 0.0230. The van der Waals surface area contributed by atoms with E-state index in [1.165, 1.54) is 6.42 Å². The molecule has 0 saturated carbocycles. The number of nitrogens with one attached hydrogen (secondary N) is 1. The number of nitrogens with zero attached hydrogens (tertiary/aromatic N) is 1. The molecule has 1 aliphatic rings. The van der Waals surface area contributed by atoms with Crippen LogP contribution in [0.1, 0.15) is 48.0 Å². The largest absolute Gasteiger partial charge is 0.380 e. The smallest absolute Gasteiger partial charge is 0.0593 e. The van der Waals surface area contributed by atoms with Gasteiger partial charge >= 0.3 is 0 Å². The van der Waals surface area contributed by atoms with E-state index < -0.39 is 0 Å². The van der Waals surface area contributed by atoms with Crippen molar-refractivity contribution in [2.45, 2.75) is 59.5 Å². The van der Waals surface area contributed by atoms with Crippen LogP contribution in [0.2, 0.25) is 0 Å². The van der Waals surface area contributed by atoms with Crippen LogP contribution in [-0.2, 0) is 4.74 Å². The second kappa shape index (κ2) is 7.61. The van der Waals surface area contributed by atoms with Crippen LogP contribution in [0.25, 0.3) is 0 Å². The van der Waals surface area contributed by atoms with Crippen molar-refractivity contribution in [1.29, 1.82) is 0 Å². The third-order valence-electron chi connectivity index (χ3n) is 4.28. The predicted octanol–water partition coefficient (Wildman–Crippen LogP) is 2.76. The van der Waals surface area contributed by atoms with Crippen LogP contribution in [0, 0.1) is 11.8 Å². The average Bonchev–Trinajstić information content (AvgIpc) is 2.34. The van der Waals surface area contributed by atoms with E-state index >= 15 is 0 Å². The second-order valence-electron chi connectivity index (χ2n) is 7.05. The van der Waals surface area contributed by atoms with Gasteiger partial charge in [0.15, 0.2) is 0 Å². The fourth-order valence-corrected chi connectivity index (χ4v) is 2.74. The van der Waals surface area contributed by atoms with Crippen molar-refractivity contribution in [2.75, 3.05) is 32.8 Å². The Labute approximate surface area is 120 Å². The van der Waals surface area contributed by atoms with Gasteiger partial charge in [-0.2, -0.15) is 0 Å². The molecule has 0 amide bonds. The van der Waals surface area contributed by atoms with E-state index in [1.807, 2.05) is 0 Å². The lowest BCUT2D eigenvalue weighted by atomic mass is 9.90. The van der Waals surface area contributed by atoms with E-state index in [0.717, 1.165) is 32.8 Å². The van der Waals surface area contributed by atoms with E-state index in [2.05, 4.69) is 51.8 Å². The zero-order chi connectivity index (χ0) is 14.5. The molecule has 0 aromatic heterocycles. The van der Waals surface area contributed by atoms with E-state index in [9.17, 15) is 0 Å². The molecule has 1 fully saturated rings. The summed E-state index contributed by atoms with van der Waals surface area (Å²) in [4.78, 5) is 2.63. The van der Waals surface area contributed by atoms with Gasteiger partial charge in [-0.25, -0.2) is 0 Å². The molecule has 0 spiro atoms. The van der Waals surface area contributed by atoms with Gasteiger partial charge in [-0.05, 0) is 25.2 Å². The standard InChI is InChI=1S/C16H34N2O/c1-7-16(6)12-18(8-9-19-11-13(2)3)15(10-17-16)14(4)5/h13-15,17H,7-12H2,1-6H3. The highest BCUT2D eigenvalue weighted by Crippen LogP contribution is 2.22. The van der Waals surface area contributed by atoms with E-state index in [4.69, 9.17) is 4.74 Å². The lowest BCUT2D eigenvalue weighted by Crippen LogP contribution is -2.64. The van der Waals surface area contributed by atoms with Gasteiger partial charge in [0.1, 0.15) is 0 Å². The molecule has 19 heavy (non-hydrogen) atoms. The van der Waals surface area contributed by atoms with Crippen molar-refractivity contribution < 1.29 is 4.74 Å². The first-order valence-corrected chi connectivity index (χ1v) is 7.95. The van der Waals surface area contributed by atoms with Crippen LogP contribution in [0.15, 0.2) is 0 Å². The zero-order valence-corrected chi connectivity index (χ0v) is 13.8. The Kier molecular flexibility index (Phi) is 6.78. The molecule has 0 aromatic rings. The molecule has 3 nitrogen and oxygen atoms in total. The summed E-state index contributed by atoms with van der Waals surface area (Å²) in [5.41, 5.74) is 0.267. The van der Waals surface area contributed by atoms with Crippen LogP contribution in [0.3, 0.4) is 0 Å². The number of hydrogen-bond donors (Lipinski definition) is 1. The third-order valence-corrected chi connectivity index (χ3v) is 4.28. The second-order valence-corrected chi connectivity index (χ2v) is 7.05. The highest BCUT2D eigenvalue weighted by atomic mass is 16.5. The Hall–Kier alpha value is -0.120. The monoisotopic (exact) mass is 270 g/mol. The molecule has 0 aliphatic carbocycles. The molecule has 2 atom stereocenters. The molecular formula is C16H34N2O. The summed E-state index contributed by atoms with van der Waals surface area (Å²) < 4.78 is 5.77. The number of rotatable bonds is 7. The van der Waals surface area contributed by atoms with Gasteiger partial charge in [0, 0.05) is 37.8 Å². The van der Waals surface area contributed by atoms with Gasteiger partial charge in [-0.1, -0.05) is 34.6 Å². The lowest BCUT2D eigenvalue weighted by Gasteiger charge is -2.47. The molecule has 3 heteroatoms. The number of ether oxygens (including phenoxy) is 1. The average molecular weight is 270 g/mol. The maximum Gasteiger partial charge on any atom is 0.0593 e. The van der Waals surface area contributed by atoms with E-state index in [1.54, 1.807) is 0 Å².